The number of hydrogen-bond donors (Lipinski definition) is 1. The number of hydrogen-bond acceptors (Lipinski definition) is 3. The van der Waals surface area contributed by atoms with Crippen LogP contribution in [0.25, 0.3) is 11.0 Å². The summed E-state index contributed by atoms with van der Waals surface area (Å²) in [4.78, 5) is 21.4. The van der Waals surface area contributed by atoms with E-state index in [9.17, 15) is 9.90 Å². The molecule has 2 aromatic rings. The van der Waals surface area contributed by atoms with Crippen LogP contribution in [-0.4, -0.2) is 21.0 Å². The third-order valence-electron chi connectivity index (χ3n) is 5.61. The van der Waals surface area contributed by atoms with Gasteiger partial charge in [-0.1, -0.05) is 37.0 Å². The SMILES string of the molecule is CC1(C)C2CCC1(C(=O)O)c1nc3cc(Cl)c(Cl)cc3nc12. The number of nitrogens with zero attached hydrogens (tertiary/aromatic N) is 2. The van der Waals surface area contributed by atoms with Crippen LogP contribution in [0.4, 0.5) is 0 Å². The first-order valence-corrected chi connectivity index (χ1v) is 7.95. The number of benzene rings is 1. The number of rotatable bonds is 1. The second-order valence-electron chi connectivity index (χ2n) is 6.74. The Kier molecular flexibility index (Phi) is 2.66. The molecule has 4 nitrogen and oxygen atoms in total. The molecule has 0 amide bonds. The number of aliphatic carboxylic acids is 1. The van der Waals surface area contributed by atoms with E-state index in [1.807, 2.05) is 13.8 Å². The van der Waals surface area contributed by atoms with Gasteiger partial charge in [-0.3, -0.25) is 4.79 Å². The molecule has 2 aliphatic rings. The third-order valence-corrected chi connectivity index (χ3v) is 6.33. The Morgan fingerprint density at radius 3 is 2.41 bits per heavy atom. The fourth-order valence-corrected chi connectivity index (χ4v) is 4.67. The summed E-state index contributed by atoms with van der Waals surface area (Å²) in [6, 6.07) is 3.35. The highest BCUT2D eigenvalue weighted by Gasteiger charge is 2.68. The highest BCUT2D eigenvalue weighted by Crippen LogP contribution is 2.67. The van der Waals surface area contributed by atoms with Gasteiger partial charge in [0.05, 0.1) is 32.5 Å². The predicted octanol–water partition coefficient (Wildman–Crippen LogP) is 4.18. The highest BCUT2D eigenvalue weighted by molar-refractivity contribution is 6.42. The lowest BCUT2D eigenvalue weighted by atomic mass is 9.68. The van der Waals surface area contributed by atoms with Crippen molar-refractivity contribution in [2.24, 2.45) is 5.41 Å². The largest absolute Gasteiger partial charge is 0.481 e. The van der Waals surface area contributed by atoms with Crippen molar-refractivity contribution in [3.8, 4) is 0 Å². The summed E-state index contributed by atoms with van der Waals surface area (Å²) in [5, 5.41) is 10.8. The standard InChI is InChI=1S/C16H14Cl2N2O2/c1-15(2)7-3-4-16(15,14(21)22)13-12(7)19-10-5-8(17)9(18)6-11(10)20-13/h5-7H,3-4H2,1-2H3,(H,21,22). The summed E-state index contributed by atoms with van der Waals surface area (Å²) < 4.78 is 0. The zero-order valence-corrected chi connectivity index (χ0v) is 13.7. The van der Waals surface area contributed by atoms with Crippen molar-refractivity contribution < 1.29 is 9.90 Å². The van der Waals surface area contributed by atoms with Crippen LogP contribution in [0.15, 0.2) is 12.1 Å². The van der Waals surface area contributed by atoms with Crippen molar-refractivity contribution in [2.45, 2.75) is 38.0 Å². The second kappa shape index (κ2) is 4.12. The van der Waals surface area contributed by atoms with Gasteiger partial charge in [-0.2, -0.15) is 0 Å². The zero-order chi connectivity index (χ0) is 15.9. The topological polar surface area (TPSA) is 63.1 Å². The van der Waals surface area contributed by atoms with Crippen LogP contribution in [-0.2, 0) is 10.2 Å². The van der Waals surface area contributed by atoms with Crippen molar-refractivity contribution in [3.05, 3.63) is 33.6 Å². The predicted molar refractivity (Wildman–Crippen MR) is 84.6 cm³/mol. The van der Waals surface area contributed by atoms with E-state index in [4.69, 9.17) is 28.2 Å². The molecule has 1 saturated carbocycles. The summed E-state index contributed by atoms with van der Waals surface area (Å²) >= 11 is 12.1. The van der Waals surface area contributed by atoms with E-state index < -0.39 is 16.8 Å². The van der Waals surface area contributed by atoms with Crippen molar-refractivity contribution >= 4 is 40.2 Å². The summed E-state index contributed by atoms with van der Waals surface area (Å²) in [5.74, 6) is -0.697. The molecule has 1 N–H and O–H groups in total. The molecule has 0 aliphatic heterocycles. The molecule has 2 aliphatic carbocycles. The fourth-order valence-electron chi connectivity index (χ4n) is 4.35. The summed E-state index contributed by atoms with van der Waals surface area (Å²) in [6.45, 7) is 4.01. The maximum atomic E-state index is 12.1. The summed E-state index contributed by atoms with van der Waals surface area (Å²) in [6.07, 6.45) is 1.43. The van der Waals surface area contributed by atoms with Crippen molar-refractivity contribution in [1.29, 1.82) is 0 Å². The Bertz CT molecular complexity index is 850. The molecule has 0 saturated heterocycles. The van der Waals surface area contributed by atoms with Gasteiger partial charge in [-0.15, -0.1) is 0 Å². The molecule has 2 unspecified atom stereocenters. The average molecular weight is 337 g/mol. The molecule has 6 heteroatoms. The van der Waals surface area contributed by atoms with Crippen LogP contribution < -0.4 is 0 Å². The number of aromatic nitrogens is 2. The van der Waals surface area contributed by atoms with Crippen LogP contribution in [0, 0.1) is 5.41 Å². The monoisotopic (exact) mass is 336 g/mol. The van der Waals surface area contributed by atoms with E-state index >= 15 is 0 Å². The van der Waals surface area contributed by atoms with E-state index in [-0.39, 0.29) is 5.92 Å². The van der Waals surface area contributed by atoms with Gasteiger partial charge < -0.3 is 5.11 Å². The smallest absolute Gasteiger partial charge is 0.316 e. The van der Waals surface area contributed by atoms with E-state index in [1.54, 1.807) is 12.1 Å². The van der Waals surface area contributed by atoms with E-state index in [0.717, 1.165) is 12.1 Å². The number of carboxylic acid groups (broad SMARTS) is 1. The molecule has 1 fully saturated rings. The minimum Gasteiger partial charge on any atom is -0.481 e. The molecule has 1 heterocycles. The molecule has 4 rings (SSSR count). The Labute approximate surface area is 137 Å². The Morgan fingerprint density at radius 1 is 1.23 bits per heavy atom. The van der Waals surface area contributed by atoms with Gasteiger partial charge >= 0.3 is 5.97 Å². The Morgan fingerprint density at radius 2 is 1.82 bits per heavy atom. The minimum atomic E-state index is -0.958. The van der Waals surface area contributed by atoms with Crippen LogP contribution in [0.3, 0.4) is 0 Å². The van der Waals surface area contributed by atoms with Gasteiger partial charge in [-0.05, 0) is 30.4 Å². The summed E-state index contributed by atoms with van der Waals surface area (Å²) in [5.41, 5.74) is 1.32. The number of carboxylic acids is 1. The first-order chi connectivity index (χ1) is 10.3. The fraction of sp³-hybridized carbons (Fsp3) is 0.438. The van der Waals surface area contributed by atoms with E-state index in [2.05, 4.69) is 4.98 Å². The van der Waals surface area contributed by atoms with Gasteiger partial charge in [-0.25, -0.2) is 9.97 Å². The highest BCUT2D eigenvalue weighted by atomic mass is 35.5. The second-order valence-corrected chi connectivity index (χ2v) is 7.55. The van der Waals surface area contributed by atoms with Gasteiger partial charge in [0.15, 0.2) is 0 Å². The van der Waals surface area contributed by atoms with E-state index in [0.29, 0.717) is 33.2 Å². The van der Waals surface area contributed by atoms with Crippen molar-refractivity contribution in [3.63, 3.8) is 0 Å². The van der Waals surface area contributed by atoms with Gasteiger partial charge in [0.1, 0.15) is 5.41 Å². The zero-order valence-electron chi connectivity index (χ0n) is 12.2. The van der Waals surface area contributed by atoms with Crippen LogP contribution in [0.1, 0.15) is 44.0 Å². The van der Waals surface area contributed by atoms with Crippen LogP contribution in [0.5, 0.6) is 0 Å². The molecule has 1 aromatic heterocycles. The molecule has 1 aromatic carbocycles. The molecular weight excluding hydrogens is 323 g/mol. The number of halogens is 2. The number of fused-ring (bicyclic) bond motifs is 6. The minimum absolute atomic E-state index is 0.116. The van der Waals surface area contributed by atoms with Crippen molar-refractivity contribution in [2.75, 3.05) is 0 Å². The normalized spacial score (nSPS) is 28.1. The number of carbonyl (C=O) groups is 1. The van der Waals surface area contributed by atoms with E-state index in [1.165, 1.54) is 0 Å². The lowest BCUT2D eigenvalue weighted by molar-refractivity contribution is -0.147. The molecule has 2 atom stereocenters. The van der Waals surface area contributed by atoms with Gasteiger partial charge in [0.25, 0.3) is 0 Å². The molecule has 114 valence electrons. The van der Waals surface area contributed by atoms with Gasteiger partial charge in [0, 0.05) is 5.92 Å². The quantitative estimate of drug-likeness (QED) is 0.848. The van der Waals surface area contributed by atoms with Gasteiger partial charge in [0.2, 0.25) is 0 Å². The molecular formula is C16H14Cl2N2O2. The van der Waals surface area contributed by atoms with Crippen LogP contribution >= 0.6 is 23.2 Å². The molecule has 0 spiro atoms. The summed E-state index contributed by atoms with van der Waals surface area (Å²) in [7, 11) is 0. The van der Waals surface area contributed by atoms with Crippen LogP contribution in [0.2, 0.25) is 10.0 Å². The average Bonchev–Trinajstić information content (AvgIpc) is 2.81. The first-order valence-electron chi connectivity index (χ1n) is 7.19. The molecule has 22 heavy (non-hydrogen) atoms. The molecule has 2 bridgehead atoms. The lowest BCUT2D eigenvalue weighted by Crippen LogP contribution is -2.43. The van der Waals surface area contributed by atoms with Crippen molar-refractivity contribution in [1.82, 2.24) is 9.97 Å². The Hall–Kier alpha value is -1.39. The first kappa shape index (κ1) is 14.2. The third kappa shape index (κ3) is 1.43. The maximum absolute atomic E-state index is 12.1. The molecule has 0 radical (unpaired) electrons. The Balaban J connectivity index is 2.08. The lowest BCUT2D eigenvalue weighted by Gasteiger charge is -2.33. The maximum Gasteiger partial charge on any atom is 0.316 e.